The minimum absolute atomic E-state index is 0.0113. The number of nitrogens with one attached hydrogen (secondary N) is 1. The number of esters is 1. The molecular formula is C15H29NO5. The molecule has 0 aromatic carbocycles. The Labute approximate surface area is 127 Å². The summed E-state index contributed by atoms with van der Waals surface area (Å²) in [5, 5.41) is 2.69. The van der Waals surface area contributed by atoms with Crippen LogP contribution in [0.4, 0.5) is 0 Å². The van der Waals surface area contributed by atoms with E-state index in [0.29, 0.717) is 13.2 Å². The van der Waals surface area contributed by atoms with Crippen LogP contribution in [0.5, 0.6) is 0 Å². The fraction of sp³-hybridized carbons (Fsp3) is 0.867. The topological polar surface area (TPSA) is 73.9 Å². The fourth-order valence-electron chi connectivity index (χ4n) is 1.56. The van der Waals surface area contributed by atoms with Gasteiger partial charge in [0.1, 0.15) is 18.2 Å². The van der Waals surface area contributed by atoms with Crippen LogP contribution in [0, 0.1) is 5.92 Å². The molecule has 21 heavy (non-hydrogen) atoms. The van der Waals surface area contributed by atoms with Crippen LogP contribution in [0.3, 0.4) is 0 Å². The molecule has 0 aliphatic heterocycles. The van der Waals surface area contributed by atoms with Crippen LogP contribution in [-0.2, 0) is 23.8 Å². The van der Waals surface area contributed by atoms with E-state index in [-0.39, 0.29) is 18.4 Å². The molecule has 0 saturated heterocycles. The van der Waals surface area contributed by atoms with Crippen molar-refractivity contribution in [1.82, 2.24) is 5.32 Å². The van der Waals surface area contributed by atoms with Gasteiger partial charge in [-0.15, -0.1) is 0 Å². The largest absolute Gasteiger partial charge is 0.458 e. The Balaban J connectivity index is 4.49. The first-order valence-corrected chi connectivity index (χ1v) is 7.30. The Morgan fingerprint density at radius 1 is 1.19 bits per heavy atom. The van der Waals surface area contributed by atoms with Crippen molar-refractivity contribution in [1.29, 1.82) is 0 Å². The van der Waals surface area contributed by atoms with E-state index in [4.69, 9.17) is 14.2 Å². The summed E-state index contributed by atoms with van der Waals surface area (Å²) in [6.45, 7) is 9.93. The highest BCUT2D eigenvalue weighted by Gasteiger charge is 2.30. The Hall–Kier alpha value is -1.14. The van der Waals surface area contributed by atoms with Gasteiger partial charge in [0.05, 0.1) is 13.2 Å². The van der Waals surface area contributed by atoms with Crippen molar-refractivity contribution >= 4 is 11.9 Å². The van der Waals surface area contributed by atoms with Crippen molar-refractivity contribution in [2.24, 2.45) is 5.92 Å². The summed E-state index contributed by atoms with van der Waals surface area (Å²) < 4.78 is 15.3. The van der Waals surface area contributed by atoms with E-state index in [1.807, 2.05) is 13.8 Å². The van der Waals surface area contributed by atoms with Crippen LogP contribution >= 0.6 is 0 Å². The number of carbonyl (C=O) groups excluding carboxylic acids is 2. The molecule has 0 spiro atoms. The maximum Gasteiger partial charge on any atom is 0.329 e. The molecule has 0 rings (SSSR count). The first kappa shape index (κ1) is 19.9. The fourth-order valence-corrected chi connectivity index (χ4v) is 1.56. The maximum atomic E-state index is 12.2. The minimum Gasteiger partial charge on any atom is -0.458 e. The van der Waals surface area contributed by atoms with Crippen molar-refractivity contribution < 1.29 is 23.8 Å². The van der Waals surface area contributed by atoms with Gasteiger partial charge in [-0.2, -0.15) is 0 Å². The van der Waals surface area contributed by atoms with Gasteiger partial charge in [-0.3, -0.25) is 4.79 Å². The standard InChI is InChI=1S/C15H29NO5/c1-7-11(2)13(14(18)21-15(3,4)5)16-12(17)10-20-9-8-19-6/h11,13H,7-10H2,1-6H3,(H,16,17)/t11-,13-/m0/s1. The van der Waals surface area contributed by atoms with Gasteiger partial charge in [-0.05, 0) is 26.7 Å². The van der Waals surface area contributed by atoms with Crippen LogP contribution in [0.1, 0.15) is 41.0 Å². The first-order chi connectivity index (χ1) is 9.71. The van der Waals surface area contributed by atoms with Crippen LogP contribution in [0.15, 0.2) is 0 Å². The molecule has 124 valence electrons. The predicted octanol–water partition coefficient (Wildman–Crippen LogP) is 1.52. The second-order valence-electron chi connectivity index (χ2n) is 6.01. The highest BCUT2D eigenvalue weighted by molar-refractivity contribution is 5.85. The van der Waals surface area contributed by atoms with Crippen molar-refractivity contribution in [3.05, 3.63) is 0 Å². The van der Waals surface area contributed by atoms with E-state index in [1.54, 1.807) is 27.9 Å². The Morgan fingerprint density at radius 2 is 1.81 bits per heavy atom. The van der Waals surface area contributed by atoms with Gasteiger partial charge in [0.2, 0.25) is 5.91 Å². The third-order valence-electron chi connectivity index (χ3n) is 2.86. The summed E-state index contributed by atoms with van der Waals surface area (Å²) in [7, 11) is 1.56. The minimum atomic E-state index is -0.659. The molecule has 0 saturated carbocycles. The van der Waals surface area contributed by atoms with E-state index in [0.717, 1.165) is 6.42 Å². The molecule has 0 aromatic rings. The van der Waals surface area contributed by atoms with E-state index in [2.05, 4.69) is 5.32 Å². The van der Waals surface area contributed by atoms with Gasteiger partial charge in [0, 0.05) is 7.11 Å². The zero-order valence-corrected chi connectivity index (χ0v) is 14.0. The average Bonchev–Trinajstić information content (AvgIpc) is 2.38. The Bertz CT molecular complexity index is 325. The van der Waals surface area contributed by atoms with E-state index >= 15 is 0 Å². The summed E-state index contributed by atoms with van der Waals surface area (Å²) in [6.07, 6.45) is 0.759. The SMILES string of the molecule is CC[C@H](C)[C@H](NC(=O)COCCOC)C(=O)OC(C)(C)C. The number of rotatable bonds is 9. The smallest absolute Gasteiger partial charge is 0.329 e. The third-order valence-corrected chi connectivity index (χ3v) is 2.86. The molecular weight excluding hydrogens is 274 g/mol. The van der Waals surface area contributed by atoms with Gasteiger partial charge < -0.3 is 19.5 Å². The Morgan fingerprint density at radius 3 is 2.29 bits per heavy atom. The zero-order valence-electron chi connectivity index (χ0n) is 14.0. The molecule has 0 radical (unpaired) electrons. The summed E-state index contributed by atoms with van der Waals surface area (Å²) in [6, 6.07) is -0.659. The number of amides is 1. The second kappa shape index (κ2) is 9.73. The summed E-state index contributed by atoms with van der Waals surface area (Å²) in [4.78, 5) is 24.0. The molecule has 0 aliphatic rings. The predicted molar refractivity (Wildman–Crippen MR) is 79.9 cm³/mol. The van der Waals surface area contributed by atoms with Gasteiger partial charge in [0.25, 0.3) is 0 Å². The van der Waals surface area contributed by atoms with E-state index in [9.17, 15) is 9.59 Å². The molecule has 1 amide bonds. The highest BCUT2D eigenvalue weighted by Crippen LogP contribution is 2.14. The lowest BCUT2D eigenvalue weighted by molar-refractivity contribution is -0.160. The van der Waals surface area contributed by atoms with E-state index in [1.165, 1.54) is 0 Å². The maximum absolute atomic E-state index is 12.2. The normalized spacial score (nSPS) is 14.4. The van der Waals surface area contributed by atoms with Gasteiger partial charge in [-0.1, -0.05) is 20.3 Å². The van der Waals surface area contributed by atoms with Crippen molar-refractivity contribution in [2.45, 2.75) is 52.7 Å². The molecule has 6 heteroatoms. The van der Waals surface area contributed by atoms with Crippen molar-refractivity contribution in [2.75, 3.05) is 26.9 Å². The molecule has 0 fully saturated rings. The second-order valence-corrected chi connectivity index (χ2v) is 6.01. The number of ether oxygens (including phenoxy) is 3. The number of hydrogen-bond donors (Lipinski definition) is 1. The number of carbonyl (C=O) groups is 2. The quantitative estimate of drug-likeness (QED) is 0.516. The van der Waals surface area contributed by atoms with Crippen LogP contribution in [-0.4, -0.2) is 50.4 Å². The summed E-state index contributed by atoms with van der Waals surface area (Å²) in [5.74, 6) is -0.757. The highest BCUT2D eigenvalue weighted by atomic mass is 16.6. The van der Waals surface area contributed by atoms with Gasteiger partial charge in [0.15, 0.2) is 0 Å². The first-order valence-electron chi connectivity index (χ1n) is 7.30. The van der Waals surface area contributed by atoms with Crippen molar-refractivity contribution in [3.63, 3.8) is 0 Å². The third kappa shape index (κ3) is 9.42. The molecule has 6 nitrogen and oxygen atoms in total. The number of methoxy groups -OCH3 is 1. The summed E-state index contributed by atoms with van der Waals surface area (Å²) >= 11 is 0. The molecule has 2 atom stereocenters. The lowest BCUT2D eigenvalue weighted by Crippen LogP contribution is -2.48. The molecule has 0 heterocycles. The Kier molecular flexibility index (Phi) is 9.21. The molecule has 0 aromatic heterocycles. The zero-order chi connectivity index (χ0) is 16.5. The van der Waals surface area contributed by atoms with Gasteiger partial charge in [-0.25, -0.2) is 4.79 Å². The molecule has 0 bridgehead atoms. The lowest BCUT2D eigenvalue weighted by Gasteiger charge is -2.27. The average molecular weight is 303 g/mol. The number of hydrogen-bond acceptors (Lipinski definition) is 5. The van der Waals surface area contributed by atoms with Gasteiger partial charge >= 0.3 is 5.97 Å². The van der Waals surface area contributed by atoms with Crippen LogP contribution in [0.25, 0.3) is 0 Å². The summed E-state index contributed by atoms with van der Waals surface area (Å²) in [5.41, 5.74) is -0.581. The van der Waals surface area contributed by atoms with Crippen LogP contribution in [0.2, 0.25) is 0 Å². The molecule has 0 unspecified atom stereocenters. The monoisotopic (exact) mass is 303 g/mol. The molecule has 1 N–H and O–H groups in total. The molecule has 0 aliphatic carbocycles. The van der Waals surface area contributed by atoms with Crippen LogP contribution < -0.4 is 5.32 Å². The lowest BCUT2D eigenvalue weighted by atomic mass is 9.99. The van der Waals surface area contributed by atoms with Crippen molar-refractivity contribution in [3.8, 4) is 0 Å². The van der Waals surface area contributed by atoms with E-state index < -0.39 is 17.6 Å².